The summed E-state index contributed by atoms with van der Waals surface area (Å²) in [5, 5.41) is 0. The standard InChI is InChI=1S/C19H23NO4S/c1-20(2)19(21)13-8-14-25(22,23)15-16-9-6-7-12-18(16)24-17-10-4-3-5-11-17/h3-7,9-12H,8,13-15H2,1-2H3. The molecule has 5 nitrogen and oxygen atoms in total. The Morgan fingerprint density at radius 2 is 1.64 bits per heavy atom. The number of sulfone groups is 1. The third-order valence-electron chi connectivity index (χ3n) is 3.66. The van der Waals surface area contributed by atoms with Gasteiger partial charge in [-0.2, -0.15) is 0 Å². The fourth-order valence-electron chi connectivity index (χ4n) is 2.31. The molecule has 2 rings (SSSR count). The van der Waals surface area contributed by atoms with Crippen molar-refractivity contribution in [2.24, 2.45) is 0 Å². The molecule has 0 unspecified atom stereocenters. The van der Waals surface area contributed by atoms with E-state index >= 15 is 0 Å². The molecule has 0 spiro atoms. The number of carbonyl (C=O) groups is 1. The number of nitrogens with zero attached hydrogens (tertiary/aromatic N) is 1. The number of carbonyl (C=O) groups excluding carboxylic acids is 1. The third kappa shape index (κ3) is 6.23. The Labute approximate surface area is 149 Å². The van der Waals surface area contributed by atoms with E-state index < -0.39 is 9.84 Å². The van der Waals surface area contributed by atoms with Crippen LogP contribution >= 0.6 is 0 Å². The Morgan fingerprint density at radius 1 is 1.00 bits per heavy atom. The summed E-state index contributed by atoms with van der Waals surface area (Å²) >= 11 is 0. The van der Waals surface area contributed by atoms with Crippen molar-refractivity contribution in [1.82, 2.24) is 4.90 Å². The summed E-state index contributed by atoms with van der Waals surface area (Å²) < 4.78 is 30.6. The number of ether oxygens (including phenoxy) is 1. The van der Waals surface area contributed by atoms with Gasteiger partial charge in [-0.3, -0.25) is 4.79 Å². The van der Waals surface area contributed by atoms with Crippen LogP contribution in [0.1, 0.15) is 18.4 Å². The summed E-state index contributed by atoms with van der Waals surface area (Å²) in [7, 11) is -0.0000926. The Kier molecular flexibility index (Phi) is 6.58. The van der Waals surface area contributed by atoms with Gasteiger partial charge in [0, 0.05) is 26.1 Å². The first-order valence-corrected chi connectivity index (χ1v) is 9.91. The van der Waals surface area contributed by atoms with Gasteiger partial charge >= 0.3 is 0 Å². The van der Waals surface area contributed by atoms with Crippen molar-refractivity contribution in [3.63, 3.8) is 0 Å². The lowest BCUT2D eigenvalue weighted by Gasteiger charge is -2.12. The maximum Gasteiger partial charge on any atom is 0.222 e. The Bertz CT molecular complexity index is 801. The average Bonchev–Trinajstić information content (AvgIpc) is 2.57. The maximum absolute atomic E-state index is 12.4. The van der Waals surface area contributed by atoms with Crippen molar-refractivity contribution in [1.29, 1.82) is 0 Å². The molecule has 0 fully saturated rings. The first-order valence-electron chi connectivity index (χ1n) is 8.09. The molecule has 134 valence electrons. The lowest BCUT2D eigenvalue weighted by Crippen LogP contribution is -2.22. The summed E-state index contributed by atoms with van der Waals surface area (Å²) in [4.78, 5) is 13.0. The van der Waals surface area contributed by atoms with Crippen LogP contribution in [0.2, 0.25) is 0 Å². The highest BCUT2D eigenvalue weighted by molar-refractivity contribution is 7.90. The molecule has 25 heavy (non-hydrogen) atoms. The molecular weight excluding hydrogens is 338 g/mol. The molecule has 0 aromatic heterocycles. The molecule has 0 saturated carbocycles. The summed E-state index contributed by atoms with van der Waals surface area (Å²) in [6.45, 7) is 0. The molecule has 0 aliphatic carbocycles. The fraction of sp³-hybridized carbons (Fsp3) is 0.316. The van der Waals surface area contributed by atoms with Gasteiger partial charge in [0.2, 0.25) is 5.91 Å². The fourth-order valence-corrected chi connectivity index (χ4v) is 3.75. The minimum Gasteiger partial charge on any atom is -0.457 e. The maximum atomic E-state index is 12.4. The molecule has 0 heterocycles. The lowest BCUT2D eigenvalue weighted by atomic mass is 10.2. The molecule has 0 atom stereocenters. The molecule has 0 aliphatic heterocycles. The average molecular weight is 361 g/mol. The summed E-state index contributed by atoms with van der Waals surface area (Å²) in [5.41, 5.74) is 0.616. The van der Waals surface area contributed by atoms with Gasteiger partial charge in [0.25, 0.3) is 0 Å². The zero-order valence-electron chi connectivity index (χ0n) is 14.5. The second-order valence-corrected chi connectivity index (χ2v) is 8.19. The van der Waals surface area contributed by atoms with Crippen LogP contribution in [0.25, 0.3) is 0 Å². The predicted octanol–water partition coefficient (Wildman–Crippen LogP) is 3.26. The molecule has 2 aromatic rings. The lowest BCUT2D eigenvalue weighted by molar-refractivity contribution is -0.128. The number of hydrogen-bond acceptors (Lipinski definition) is 4. The Morgan fingerprint density at radius 3 is 2.32 bits per heavy atom. The predicted molar refractivity (Wildman–Crippen MR) is 98.4 cm³/mol. The topological polar surface area (TPSA) is 63.7 Å². The van der Waals surface area contributed by atoms with E-state index in [1.165, 1.54) is 4.90 Å². The number of amides is 1. The van der Waals surface area contributed by atoms with Gasteiger partial charge in [0.1, 0.15) is 11.5 Å². The van der Waals surface area contributed by atoms with E-state index in [4.69, 9.17) is 4.74 Å². The highest BCUT2D eigenvalue weighted by atomic mass is 32.2. The number of rotatable bonds is 8. The van der Waals surface area contributed by atoms with Crippen molar-refractivity contribution >= 4 is 15.7 Å². The summed E-state index contributed by atoms with van der Waals surface area (Å²) in [5.74, 6) is 0.992. The van der Waals surface area contributed by atoms with Crippen LogP contribution in [0.15, 0.2) is 54.6 Å². The monoisotopic (exact) mass is 361 g/mol. The van der Waals surface area contributed by atoms with E-state index in [-0.39, 0.29) is 23.8 Å². The van der Waals surface area contributed by atoms with Crippen molar-refractivity contribution in [3.8, 4) is 11.5 Å². The SMILES string of the molecule is CN(C)C(=O)CCCS(=O)(=O)Cc1ccccc1Oc1ccccc1. The largest absolute Gasteiger partial charge is 0.457 e. The summed E-state index contributed by atoms with van der Waals surface area (Å²) in [6, 6.07) is 16.3. The molecule has 0 aliphatic rings. The van der Waals surface area contributed by atoms with E-state index in [2.05, 4.69) is 0 Å². The minimum atomic E-state index is -3.32. The van der Waals surface area contributed by atoms with E-state index in [0.29, 0.717) is 23.5 Å². The molecule has 0 saturated heterocycles. The molecule has 2 aromatic carbocycles. The van der Waals surface area contributed by atoms with Crippen molar-refractivity contribution in [3.05, 3.63) is 60.2 Å². The van der Waals surface area contributed by atoms with Crippen molar-refractivity contribution < 1.29 is 17.9 Å². The molecular formula is C19H23NO4S. The van der Waals surface area contributed by atoms with E-state index in [1.807, 2.05) is 36.4 Å². The minimum absolute atomic E-state index is 0.0216. The Balaban J connectivity index is 2.03. The van der Waals surface area contributed by atoms with Crippen molar-refractivity contribution in [2.45, 2.75) is 18.6 Å². The van der Waals surface area contributed by atoms with Crippen LogP contribution in [-0.4, -0.2) is 39.1 Å². The van der Waals surface area contributed by atoms with Gasteiger partial charge in [-0.05, 0) is 24.6 Å². The molecule has 1 amide bonds. The summed E-state index contributed by atoms with van der Waals surface area (Å²) in [6.07, 6.45) is 0.551. The van der Waals surface area contributed by atoms with Gasteiger partial charge in [0.15, 0.2) is 9.84 Å². The molecule has 6 heteroatoms. The Hall–Kier alpha value is -2.34. The normalized spacial score (nSPS) is 11.1. The van der Waals surface area contributed by atoms with Crippen LogP contribution in [0, 0.1) is 0 Å². The number of hydrogen-bond donors (Lipinski definition) is 0. The van der Waals surface area contributed by atoms with Gasteiger partial charge in [-0.25, -0.2) is 8.42 Å². The highest BCUT2D eigenvalue weighted by Crippen LogP contribution is 2.26. The van der Waals surface area contributed by atoms with Gasteiger partial charge in [-0.15, -0.1) is 0 Å². The van der Waals surface area contributed by atoms with Crippen LogP contribution < -0.4 is 4.74 Å². The van der Waals surface area contributed by atoms with E-state index in [9.17, 15) is 13.2 Å². The molecule has 0 N–H and O–H groups in total. The second kappa shape index (κ2) is 8.67. The first kappa shape index (κ1) is 19.0. The van der Waals surface area contributed by atoms with Gasteiger partial charge in [-0.1, -0.05) is 36.4 Å². The van der Waals surface area contributed by atoms with Gasteiger partial charge in [0.05, 0.1) is 11.5 Å². The first-order chi connectivity index (χ1) is 11.9. The van der Waals surface area contributed by atoms with Crippen LogP contribution in [0.4, 0.5) is 0 Å². The number of benzene rings is 2. The van der Waals surface area contributed by atoms with E-state index in [0.717, 1.165) is 0 Å². The van der Waals surface area contributed by atoms with Crippen molar-refractivity contribution in [2.75, 3.05) is 19.8 Å². The highest BCUT2D eigenvalue weighted by Gasteiger charge is 2.16. The van der Waals surface area contributed by atoms with Gasteiger partial charge < -0.3 is 9.64 Å². The molecule has 0 radical (unpaired) electrons. The van der Waals surface area contributed by atoms with Crippen LogP contribution in [0.5, 0.6) is 11.5 Å². The molecule has 0 bridgehead atoms. The van der Waals surface area contributed by atoms with E-state index in [1.54, 1.807) is 32.3 Å². The second-order valence-electron chi connectivity index (χ2n) is 6.01. The quantitative estimate of drug-likeness (QED) is 0.724. The number of para-hydroxylation sites is 2. The van der Waals surface area contributed by atoms with Crippen LogP contribution in [0.3, 0.4) is 0 Å². The smallest absolute Gasteiger partial charge is 0.222 e. The zero-order chi connectivity index (χ0) is 18.3. The third-order valence-corrected chi connectivity index (χ3v) is 5.33. The van der Waals surface area contributed by atoms with Crippen LogP contribution in [-0.2, 0) is 20.4 Å². The zero-order valence-corrected chi connectivity index (χ0v) is 15.3.